The van der Waals surface area contributed by atoms with Crippen LogP contribution >= 0.6 is 11.3 Å². The highest BCUT2D eigenvalue weighted by molar-refractivity contribution is 7.13. The number of aromatic nitrogens is 1. The summed E-state index contributed by atoms with van der Waals surface area (Å²) in [5.74, 6) is -0.0655. The highest BCUT2D eigenvalue weighted by Gasteiger charge is 2.08. The Morgan fingerprint density at radius 1 is 1.85 bits per heavy atom. The second-order valence-corrected chi connectivity index (χ2v) is 3.65. The molecule has 0 spiro atoms. The first-order valence-corrected chi connectivity index (χ1v) is 5.05. The summed E-state index contributed by atoms with van der Waals surface area (Å²) in [5, 5.41) is 5.12. The standard InChI is InChI=1S/C8H13N3OS/c1-2-6(9)5-7(12)11-8-10-3-4-13-8/h3-4,6H,2,5,9H2,1H3,(H,10,11,12). The van der Waals surface area contributed by atoms with Gasteiger partial charge in [-0.2, -0.15) is 0 Å². The third-order valence-corrected chi connectivity index (χ3v) is 2.34. The van der Waals surface area contributed by atoms with Crippen LogP contribution in [0.5, 0.6) is 0 Å². The number of anilines is 1. The van der Waals surface area contributed by atoms with Gasteiger partial charge in [-0.1, -0.05) is 6.92 Å². The van der Waals surface area contributed by atoms with E-state index in [4.69, 9.17) is 5.73 Å². The Hall–Kier alpha value is -0.940. The summed E-state index contributed by atoms with van der Waals surface area (Å²) in [6.45, 7) is 1.96. The molecule has 3 N–H and O–H groups in total. The van der Waals surface area contributed by atoms with Gasteiger partial charge in [0, 0.05) is 24.0 Å². The first-order valence-electron chi connectivity index (χ1n) is 4.17. The van der Waals surface area contributed by atoms with Gasteiger partial charge in [0.05, 0.1) is 0 Å². The lowest BCUT2D eigenvalue weighted by atomic mass is 10.2. The molecule has 13 heavy (non-hydrogen) atoms. The third-order valence-electron chi connectivity index (χ3n) is 1.65. The first kappa shape index (κ1) is 10.1. The minimum Gasteiger partial charge on any atom is -0.327 e. The van der Waals surface area contributed by atoms with Crippen molar-refractivity contribution in [3.8, 4) is 0 Å². The van der Waals surface area contributed by atoms with E-state index in [1.54, 1.807) is 6.20 Å². The van der Waals surface area contributed by atoms with Gasteiger partial charge < -0.3 is 11.1 Å². The molecule has 0 radical (unpaired) electrons. The minimum atomic E-state index is -0.0655. The van der Waals surface area contributed by atoms with Crippen LogP contribution in [0.1, 0.15) is 19.8 Å². The number of thiazole rings is 1. The van der Waals surface area contributed by atoms with Crippen LogP contribution in [0, 0.1) is 0 Å². The fraction of sp³-hybridized carbons (Fsp3) is 0.500. The van der Waals surface area contributed by atoms with Crippen LogP contribution in [0.25, 0.3) is 0 Å². The number of hydrogen-bond acceptors (Lipinski definition) is 4. The number of nitrogens with zero attached hydrogens (tertiary/aromatic N) is 1. The van der Waals surface area contributed by atoms with Gasteiger partial charge in [0.15, 0.2) is 5.13 Å². The number of carbonyl (C=O) groups is 1. The zero-order chi connectivity index (χ0) is 9.68. The van der Waals surface area contributed by atoms with Crippen molar-refractivity contribution in [2.24, 2.45) is 5.73 Å². The summed E-state index contributed by atoms with van der Waals surface area (Å²) in [6, 6.07) is -0.0556. The summed E-state index contributed by atoms with van der Waals surface area (Å²) < 4.78 is 0. The van der Waals surface area contributed by atoms with Gasteiger partial charge in [0.1, 0.15) is 0 Å². The van der Waals surface area contributed by atoms with Gasteiger partial charge in [-0.3, -0.25) is 4.79 Å². The molecule has 1 atom stereocenters. The molecule has 1 rings (SSSR count). The molecule has 0 saturated heterocycles. The molecule has 72 valence electrons. The quantitative estimate of drug-likeness (QED) is 0.765. The monoisotopic (exact) mass is 199 g/mol. The van der Waals surface area contributed by atoms with Crippen molar-refractivity contribution in [2.75, 3.05) is 5.32 Å². The van der Waals surface area contributed by atoms with Crippen molar-refractivity contribution in [2.45, 2.75) is 25.8 Å². The summed E-state index contributed by atoms with van der Waals surface area (Å²) in [7, 11) is 0. The molecular formula is C8H13N3OS. The topological polar surface area (TPSA) is 68.0 Å². The Morgan fingerprint density at radius 3 is 3.15 bits per heavy atom. The van der Waals surface area contributed by atoms with Gasteiger partial charge >= 0.3 is 0 Å². The van der Waals surface area contributed by atoms with Crippen molar-refractivity contribution in [3.05, 3.63) is 11.6 Å². The fourth-order valence-electron chi connectivity index (χ4n) is 0.838. The van der Waals surface area contributed by atoms with E-state index in [0.717, 1.165) is 6.42 Å². The Labute approximate surface area is 81.2 Å². The zero-order valence-corrected chi connectivity index (χ0v) is 8.30. The van der Waals surface area contributed by atoms with Crippen LogP contribution in [-0.2, 0) is 4.79 Å². The predicted octanol–water partition coefficient (Wildman–Crippen LogP) is 1.21. The summed E-state index contributed by atoms with van der Waals surface area (Å²) in [6.07, 6.45) is 2.82. The van der Waals surface area contributed by atoms with E-state index in [0.29, 0.717) is 11.6 Å². The van der Waals surface area contributed by atoms with Gasteiger partial charge in [0.2, 0.25) is 5.91 Å². The van der Waals surface area contributed by atoms with E-state index in [-0.39, 0.29) is 11.9 Å². The molecule has 1 aromatic rings. The molecule has 4 nitrogen and oxygen atoms in total. The molecule has 5 heteroatoms. The van der Waals surface area contributed by atoms with Crippen molar-refractivity contribution >= 4 is 22.4 Å². The Bertz CT molecular complexity index is 260. The van der Waals surface area contributed by atoms with Crippen LogP contribution in [0.15, 0.2) is 11.6 Å². The van der Waals surface area contributed by atoms with Crippen LogP contribution in [0.3, 0.4) is 0 Å². The van der Waals surface area contributed by atoms with Gasteiger partial charge in [-0.15, -0.1) is 11.3 Å². The lowest BCUT2D eigenvalue weighted by molar-refractivity contribution is -0.116. The maximum absolute atomic E-state index is 11.3. The normalized spacial score (nSPS) is 12.5. The molecule has 1 heterocycles. The van der Waals surface area contributed by atoms with Crippen molar-refractivity contribution < 1.29 is 4.79 Å². The summed E-state index contributed by atoms with van der Waals surface area (Å²) in [5.41, 5.74) is 5.62. The average molecular weight is 199 g/mol. The zero-order valence-electron chi connectivity index (χ0n) is 7.49. The van der Waals surface area contributed by atoms with E-state index in [1.165, 1.54) is 11.3 Å². The average Bonchev–Trinajstić information content (AvgIpc) is 2.56. The molecule has 0 fully saturated rings. The van der Waals surface area contributed by atoms with Crippen LogP contribution in [0.4, 0.5) is 5.13 Å². The number of hydrogen-bond donors (Lipinski definition) is 2. The van der Waals surface area contributed by atoms with E-state index >= 15 is 0 Å². The van der Waals surface area contributed by atoms with E-state index in [2.05, 4.69) is 10.3 Å². The maximum atomic E-state index is 11.3. The molecule has 0 saturated carbocycles. The summed E-state index contributed by atoms with van der Waals surface area (Å²) >= 11 is 1.40. The molecule has 0 aliphatic heterocycles. The largest absolute Gasteiger partial charge is 0.327 e. The highest BCUT2D eigenvalue weighted by atomic mass is 32.1. The van der Waals surface area contributed by atoms with Gasteiger partial charge in [-0.25, -0.2) is 4.98 Å². The van der Waals surface area contributed by atoms with Gasteiger partial charge in [0.25, 0.3) is 0 Å². The summed E-state index contributed by atoms with van der Waals surface area (Å²) in [4.78, 5) is 15.2. The van der Waals surface area contributed by atoms with Crippen LogP contribution in [0.2, 0.25) is 0 Å². The smallest absolute Gasteiger partial charge is 0.227 e. The SMILES string of the molecule is CCC(N)CC(=O)Nc1nccs1. The number of carbonyl (C=O) groups excluding carboxylic acids is 1. The molecule has 0 aliphatic rings. The molecule has 1 unspecified atom stereocenters. The van der Waals surface area contributed by atoms with Crippen LogP contribution in [-0.4, -0.2) is 16.9 Å². The van der Waals surface area contributed by atoms with Crippen molar-refractivity contribution in [1.82, 2.24) is 4.98 Å². The second kappa shape index (κ2) is 4.94. The number of amides is 1. The molecule has 1 aromatic heterocycles. The Balaban J connectivity index is 2.34. The fourth-order valence-corrected chi connectivity index (χ4v) is 1.38. The number of nitrogens with two attached hydrogens (primary N) is 1. The number of nitrogens with one attached hydrogen (secondary N) is 1. The maximum Gasteiger partial charge on any atom is 0.227 e. The molecule has 0 aromatic carbocycles. The predicted molar refractivity (Wildman–Crippen MR) is 53.6 cm³/mol. The second-order valence-electron chi connectivity index (χ2n) is 2.76. The van der Waals surface area contributed by atoms with Gasteiger partial charge in [-0.05, 0) is 6.42 Å². The van der Waals surface area contributed by atoms with Crippen molar-refractivity contribution in [3.63, 3.8) is 0 Å². The molecular weight excluding hydrogens is 186 g/mol. The van der Waals surface area contributed by atoms with Crippen LogP contribution < -0.4 is 11.1 Å². The van der Waals surface area contributed by atoms with Crippen molar-refractivity contribution in [1.29, 1.82) is 0 Å². The first-order chi connectivity index (χ1) is 6.22. The molecule has 0 aliphatic carbocycles. The van der Waals surface area contributed by atoms with E-state index < -0.39 is 0 Å². The third kappa shape index (κ3) is 3.52. The van der Waals surface area contributed by atoms with E-state index in [9.17, 15) is 4.79 Å². The Kier molecular flexibility index (Phi) is 3.85. The molecule has 1 amide bonds. The lowest BCUT2D eigenvalue weighted by Crippen LogP contribution is -2.26. The molecule has 0 bridgehead atoms. The highest BCUT2D eigenvalue weighted by Crippen LogP contribution is 2.10. The number of rotatable bonds is 4. The lowest BCUT2D eigenvalue weighted by Gasteiger charge is -2.06. The minimum absolute atomic E-state index is 0.0556. The van der Waals surface area contributed by atoms with E-state index in [1.807, 2.05) is 12.3 Å². The Morgan fingerprint density at radius 2 is 2.62 bits per heavy atom.